The van der Waals surface area contributed by atoms with Crippen molar-refractivity contribution < 1.29 is 4.74 Å². The van der Waals surface area contributed by atoms with E-state index in [0.29, 0.717) is 19.0 Å². The summed E-state index contributed by atoms with van der Waals surface area (Å²) in [5.74, 6) is 1.36. The first kappa shape index (κ1) is 22.6. The highest BCUT2D eigenvalue weighted by Crippen LogP contribution is 2.15. The predicted octanol–water partition coefficient (Wildman–Crippen LogP) is 3.58. The van der Waals surface area contributed by atoms with Gasteiger partial charge in [-0.15, -0.1) is 24.0 Å². The smallest absolute Gasteiger partial charge is 0.218 e. The highest BCUT2D eigenvalue weighted by molar-refractivity contribution is 14.0. The van der Waals surface area contributed by atoms with Gasteiger partial charge in [-0.3, -0.25) is 9.98 Å². The van der Waals surface area contributed by atoms with Gasteiger partial charge in [0.1, 0.15) is 6.61 Å². The van der Waals surface area contributed by atoms with Gasteiger partial charge < -0.3 is 15.4 Å². The lowest BCUT2D eigenvalue weighted by atomic mass is 10.2. The Morgan fingerprint density at radius 1 is 0.931 bits per heavy atom. The SMILES string of the molecule is CN=C(NCCc1ccccn1)NCc1cccnc1OCc1ccccc1.I. The largest absolute Gasteiger partial charge is 0.473 e. The van der Waals surface area contributed by atoms with Crippen LogP contribution in [0.25, 0.3) is 0 Å². The maximum Gasteiger partial charge on any atom is 0.218 e. The molecule has 0 saturated heterocycles. The van der Waals surface area contributed by atoms with Crippen LogP contribution in [0.4, 0.5) is 0 Å². The van der Waals surface area contributed by atoms with Gasteiger partial charge in [0.2, 0.25) is 5.88 Å². The lowest BCUT2D eigenvalue weighted by Crippen LogP contribution is -2.38. The Morgan fingerprint density at radius 3 is 2.48 bits per heavy atom. The summed E-state index contributed by atoms with van der Waals surface area (Å²) in [6.07, 6.45) is 4.38. The summed E-state index contributed by atoms with van der Waals surface area (Å²) in [6.45, 7) is 1.81. The molecule has 2 heterocycles. The number of ether oxygens (including phenoxy) is 1. The van der Waals surface area contributed by atoms with E-state index in [0.717, 1.165) is 35.7 Å². The van der Waals surface area contributed by atoms with E-state index in [2.05, 4.69) is 25.6 Å². The summed E-state index contributed by atoms with van der Waals surface area (Å²) in [4.78, 5) is 13.0. The van der Waals surface area contributed by atoms with E-state index in [1.807, 2.05) is 66.9 Å². The van der Waals surface area contributed by atoms with Crippen molar-refractivity contribution in [3.05, 3.63) is 89.9 Å². The fourth-order valence-electron chi connectivity index (χ4n) is 2.67. The van der Waals surface area contributed by atoms with Crippen molar-refractivity contribution in [1.29, 1.82) is 0 Å². The van der Waals surface area contributed by atoms with E-state index in [1.165, 1.54) is 0 Å². The maximum absolute atomic E-state index is 5.91. The zero-order chi connectivity index (χ0) is 19.4. The molecule has 2 aromatic heterocycles. The van der Waals surface area contributed by atoms with Crippen molar-refractivity contribution in [2.45, 2.75) is 19.6 Å². The molecule has 0 radical (unpaired) electrons. The molecule has 0 spiro atoms. The van der Waals surface area contributed by atoms with Gasteiger partial charge in [-0.25, -0.2) is 4.98 Å². The second kappa shape index (κ2) is 12.7. The Balaban J connectivity index is 0.00000300. The highest BCUT2D eigenvalue weighted by Gasteiger charge is 2.06. The molecule has 0 amide bonds. The van der Waals surface area contributed by atoms with E-state index in [9.17, 15) is 0 Å². The molecule has 2 N–H and O–H groups in total. The molecule has 0 aliphatic heterocycles. The van der Waals surface area contributed by atoms with E-state index >= 15 is 0 Å². The summed E-state index contributed by atoms with van der Waals surface area (Å²) >= 11 is 0. The zero-order valence-electron chi connectivity index (χ0n) is 16.4. The molecule has 0 saturated carbocycles. The van der Waals surface area contributed by atoms with Gasteiger partial charge in [0.25, 0.3) is 0 Å². The first-order valence-electron chi connectivity index (χ1n) is 9.30. The highest BCUT2D eigenvalue weighted by atomic mass is 127. The number of hydrogen-bond acceptors (Lipinski definition) is 4. The molecule has 0 unspecified atom stereocenters. The number of rotatable bonds is 8. The second-order valence-electron chi connectivity index (χ2n) is 6.17. The number of nitrogens with zero attached hydrogens (tertiary/aromatic N) is 3. The van der Waals surface area contributed by atoms with Gasteiger partial charge in [-0.05, 0) is 23.8 Å². The number of aliphatic imine (C=N–C) groups is 1. The molecule has 6 nitrogen and oxygen atoms in total. The molecular formula is C22H26IN5O. The molecule has 0 bridgehead atoms. The molecule has 29 heavy (non-hydrogen) atoms. The van der Waals surface area contributed by atoms with Crippen molar-refractivity contribution in [2.24, 2.45) is 4.99 Å². The minimum absolute atomic E-state index is 0. The van der Waals surface area contributed by atoms with Crippen LogP contribution in [0.1, 0.15) is 16.8 Å². The first-order chi connectivity index (χ1) is 13.8. The third-order valence-electron chi connectivity index (χ3n) is 4.14. The zero-order valence-corrected chi connectivity index (χ0v) is 18.7. The van der Waals surface area contributed by atoms with Crippen molar-refractivity contribution in [2.75, 3.05) is 13.6 Å². The van der Waals surface area contributed by atoms with Gasteiger partial charge >= 0.3 is 0 Å². The molecule has 0 aliphatic carbocycles. The predicted molar refractivity (Wildman–Crippen MR) is 127 cm³/mol. The Bertz CT molecular complexity index is 875. The van der Waals surface area contributed by atoms with Crippen LogP contribution in [0, 0.1) is 0 Å². The summed E-state index contributed by atoms with van der Waals surface area (Å²) in [7, 11) is 1.76. The monoisotopic (exact) mass is 503 g/mol. The van der Waals surface area contributed by atoms with E-state index in [-0.39, 0.29) is 24.0 Å². The van der Waals surface area contributed by atoms with Crippen molar-refractivity contribution in [3.63, 3.8) is 0 Å². The second-order valence-corrected chi connectivity index (χ2v) is 6.17. The van der Waals surface area contributed by atoms with E-state index in [4.69, 9.17) is 4.74 Å². The van der Waals surface area contributed by atoms with Gasteiger partial charge in [-0.2, -0.15) is 0 Å². The number of pyridine rings is 2. The molecule has 0 aliphatic rings. The third kappa shape index (κ3) is 7.69. The Hall–Kier alpha value is -2.68. The third-order valence-corrected chi connectivity index (χ3v) is 4.14. The number of guanidine groups is 1. The maximum atomic E-state index is 5.91. The molecule has 1 aromatic carbocycles. The van der Waals surface area contributed by atoms with Crippen LogP contribution in [0.15, 0.2) is 78.0 Å². The van der Waals surface area contributed by atoms with Crippen LogP contribution in [0.2, 0.25) is 0 Å². The number of aromatic nitrogens is 2. The quantitative estimate of drug-likeness (QED) is 0.280. The average molecular weight is 503 g/mol. The molecular weight excluding hydrogens is 477 g/mol. The molecule has 3 rings (SSSR count). The first-order valence-corrected chi connectivity index (χ1v) is 9.30. The van der Waals surface area contributed by atoms with Crippen LogP contribution in [0.5, 0.6) is 5.88 Å². The molecule has 0 atom stereocenters. The van der Waals surface area contributed by atoms with Gasteiger partial charge in [0.15, 0.2) is 5.96 Å². The number of hydrogen-bond donors (Lipinski definition) is 2. The fourth-order valence-corrected chi connectivity index (χ4v) is 2.67. The summed E-state index contributed by atoms with van der Waals surface area (Å²) in [5, 5.41) is 6.61. The van der Waals surface area contributed by atoms with Crippen LogP contribution in [0.3, 0.4) is 0 Å². The Labute approximate surface area is 188 Å². The van der Waals surface area contributed by atoms with Crippen molar-refractivity contribution >= 4 is 29.9 Å². The lowest BCUT2D eigenvalue weighted by molar-refractivity contribution is 0.290. The summed E-state index contributed by atoms with van der Waals surface area (Å²) in [6, 6.07) is 19.9. The standard InChI is InChI=1S/C22H25N5O.HI/c1-23-22(26-15-12-20-11-5-6-13-24-20)27-16-19-10-7-14-25-21(19)28-17-18-8-3-2-4-9-18;/h2-11,13-14H,12,15-17H2,1H3,(H2,23,26,27);1H. The lowest BCUT2D eigenvalue weighted by Gasteiger charge is -2.14. The minimum Gasteiger partial charge on any atom is -0.473 e. The van der Waals surface area contributed by atoms with Crippen LogP contribution >= 0.6 is 24.0 Å². The molecule has 3 aromatic rings. The number of nitrogens with one attached hydrogen (secondary N) is 2. The summed E-state index contributed by atoms with van der Waals surface area (Å²) < 4.78 is 5.91. The van der Waals surface area contributed by atoms with Crippen LogP contribution < -0.4 is 15.4 Å². The van der Waals surface area contributed by atoms with Crippen molar-refractivity contribution in [3.8, 4) is 5.88 Å². The average Bonchev–Trinajstić information content (AvgIpc) is 2.76. The van der Waals surface area contributed by atoms with Crippen LogP contribution in [-0.2, 0) is 19.6 Å². The molecule has 0 fully saturated rings. The number of halogens is 1. The Kier molecular flexibility index (Phi) is 9.91. The Morgan fingerprint density at radius 2 is 1.72 bits per heavy atom. The number of benzene rings is 1. The topological polar surface area (TPSA) is 71.4 Å². The minimum atomic E-state index is 0. The van der Waals surface area contributed by atoms with Gasteiger partial charge in [-0.1, -0.05) is 42.5 Å². The van der Waals surface area contributed by atoms with Crippen LogP contribution in [-0.4, -0.2) is 29.5 Å². The molecule has 7 heteroatoms. The van der Waals surface area contributed by atoms with Gasteiger partial charge in [0.05, 0.1) is 0 Å². The van der Waals surface area contributed by atoms with Gasteiger partial charge in [0, 0.05) is 50.2 Å². The summed E-state index contributed by atoms with van der Waals surface area (Å²) in [5.41, 5.74) is 3.14. The van der Waals surface area contributed by atoms with E-state index < -0.39 is 0 Å². The van der Waals surface area contributed by atoms with E-state index in [1.54, 1.807) is 13.2 Å². The normalized spacial score (nSPS) is 10.7. The van der Waals surface area contributed by atoms with Crippen molar-refractivity contribution in [1.82, 2.24) is 20.6 Å². The fraction of sp³-hybridized carbons (Fsp3) is 0.227. The molecule has 152 valence electrons.